The van der Waals surface area contributed by atoms with Gasteiger partial charge in [-0.2, -0.15) is 0 Å². The maximum Gasteiger partial charge on any atom is 0.412 e. The summed E-state index contributed by atoms with van der Waals surface area (Å²) in [6.45, 7) is 7.10. The third kappa shape index (κ3) is 4.66. The van der Waals surface area contributed by atoms with Gasteiger partial charge in [-0.1, -0.05) is 69.3 Å². The van der Waals surface area contributed by atoms with Gasteiger partial charge in [-0.3, -0.25) is 0 Å². The zero-order chi connectivity index (χ0) is 18.5. The standard InChI is InChI=1S/C23H29NO2/c1-16(2)20-10-7-11-21(17(3)19-12-13-19)22(20)26-23(25)24-15-14-18-8-5-4-6-9-18/h4-11,16-17,19H,12-15H2,1-3H3,(H,24,25)/t17-/m1/s1. The second kappa shape index (κ2) is 8.39. The number of amides is 1. The average molecular weight is 351 g/mol. The normalized spacial score (nSPS) is 14.9. The van der Waals surface area contributed by atoms with Crippen molar-refractivity contribution in [3.63, 3.8) is 0 Å². The Morgan fingerprint density at radius 2 is 1.73 bits per heavy atom. The first kappa shape index (κ1) is 18.5. The summed E-state index contributed by atoms with van der Waals surface area (Å²) < 4.78 is 5.82. The number of hydrogen-bond acceptors (Lipinski definition) is 2. The highest BCUT2D eigenvalue weighted by Gasteiger charge is 2.32. The third-order valence-electron chi connectivity index (χ3n) is 5.24. The van der Waals surface area contributed by atoms with Gasteiger partial charge >= 0.3 is 6.09 Å². The topological polar surface area (TPSA) is 38.3 Å². The largest absolute Gasteiger partial charge is 0.412 e. The van der Waals surface area contributed by atoms with E-state index in [9.17, 15) is 4.79 Å². The van der Waals surface area contributed by atoms with E-state index in [1.165, 1.54) is 18.4 Å². The summed E-state index contributed by atoms with van der Waals surface area (Å²) >= 11 is 0. The summed E-state index contributed by atoms with van der Waals surface area (Å²) in [7, 11) is 0. The van der Waals surface area contributed by atoms with Crippen LogP contribution >= 0.6 is 0 Å². The zero-order valence-electron chi connectivity index (χ0n) is 16.0. The number of ether oxygens (including phenoxy) is 1. The number of nitrogens with one attached hydrogen (secondary N) is 1. The van der Waals surface area contributed by atoms with E-state index >= 15 is 0 Å². The number of rotatable bonds is 7. The van der Waals surface area contributed by atoms with Gasteiger partial charge in [0.15, 0.2) is 0 Å². The molecule has 0 aliphatic heterocycles. The average Bonchev–Trinajstić information content (AvgIpc) is 3.47. The molecule has 1 amide bonds. The van der Waals surface area contributed by atoms with Gasteiger partial charge in [0.2, 0.25) is 0 Å². The number of benzene rings is 2. The minimum atomic E-state index is -0.363. The van der Waals surface area contributed by atoms with Crippen molar-refractivity contribution in [1.82, 2.24) is 5.32 Å². The molecule has 1 aliphatic rings. The van der Waals surface area contributed by atoms with E-state index in [1.807, 2.05) is 18.2 Å². The molecule has 0 saturated heterocycles. The van der Waals surface area contributed by atoms with E-state index in [0.29, 0.717) is 18.4 Å². The van der Waals surface area contributed by atoms with Crippen molar-refractivity contribution in [3.8, 4) is 5.75 Å². The lowest BCUT2D eigenvalue weighted by Gasteiger charge is -2.20. The molecule has 1 N–H and O–H groups in total. The molecule has 2 aromatic carbocycles. The van der Waals surface area contributed by atoms with Gasteiger partial charge in [0.1, 0.15) is 5.75 Å². The minimum Gasteiger partial charge on any atom is -0.410 e. The first-order valence-electron chi connectivity index (χ1n) is 9.68. The molecule has 1 atom stereocenters. The van der Waals surface area contributed by atoms with Crippen LogP contribution in [-0.2, 0) is 6.42 Å². The van der Waals surface area contributed by atoms with Gasteiger partial charge in [0, 0.05) is 6.54 Å². The Morgan fingerprint density at radius 1 is 1.04 bits per heavy atom. The lowest BCUT2D eigenvalue weighted by Crippen LogP contribution is -2.29. The van der Waals surface area contributed by atoms with Crippen molar-refractivity contribution >= 4 is 6.09 Å². The summed E-state index contributed by atoms with van der Waals surface area (Å²) in [5.74, 6) is 2.23. The smallest absolute Gasteiger partial charge is 0.410 e. The van der Waals surface area contributed by atoms with Crippen LogP contribution < -0.4 is 10.1 Å². The van der Waals surface area contributed by atoms with Crippen molar-refractivity contribution in [2.75, 3.05) is 6.54 Å². The van der Waals surface area contributed by atoms with E-state index in [2.05, 4.69) is 56.4 Å². The van der Waals surface area contributed by atoms with E-state index in [4.69, 9.17) is 4.74 Å². The lowest BCUT2D eigenvalue weighted by atomic mass is 9.90. The molecule has 0 radical (unpaired) electrons. The third-order valence-corrected chi connectivity index (χ3v) is 5.24. The van der Waals surface area contributed by atoms with Crippen LogP contribution in [0.15, 0.2) is 48.5 Å². The Bertz CT molecular complexity index is 735. The SMILES string of the molecule is CC(C)c1cccc([C@H](C)C2CC2)c1OC(=O)NCCc1ccccc1. The monoisotopic (exact) mass is 351 g/mol. The van der Waals surface area contributed by atoms with Crippen molar-refractivity contribution in [1.29, 1.82) is 0 Å². The molecule has 26 heavy (non-hydrogen) atoms. The second-order valence-corrected chi connectivity index (χ2v) is 7.60. The Morgan fingerprint density at radius 3 is 2.38 bits per heavy atom. The maximum atomic E-state index is 12.4. The number of hydrogen-bond donors (Lipinski definition) is 1. The van der Waals surface area contributed by atoms with E-state index in [-0.39, 0.29) is 6.09 Å². The Labute approximate surface area is 156 Å². The summed E-state index contributed by atoms with van der Waals surface area (Å²) in [4.78, 5) is 12.4. The fraction of sp³-hybridized carbons (Fsp3) is 0.435. The Hall–Kier alpha value is -2.29. The molecule has 3 nitrogen and oxygen atoms in total. The van der Waals surface area contributed by atoms with Gasteiger partial charge < -0.3 is 10.1 Å². The summed E-state index contributed by atoms with van der Waals surface area (Å²) in [5.41, 5.74) is 3.48. The molecular formula is C23H29NO2. The van der Waals surface area contributed by atoms with E-state index in [1.54, 1.807) is 0 Å². The van der Waals surface area contributed by atoms with Crippen LogP contribution in [0, 0.1) is 5.92 Å². The molecule has 3 heteroatoms. The first-order valence-corrected chi connectivity index (χ1v) is 9.68. The molecule has 1 aliphatic carbocycles. The predicted molar refractivity (Wildman–Crippen MR) is 106 cm³/mol. The molecule has 0 aromatic heterocycles. The summed E-state index contributed by atoms with van der Waals surface area (Å²) in [6, 6.07) is 16.4. The first-order chi connectivity index (χ1) is 12.6. The van der Waals surface area contributed by atoms with Crippen molar-refractivity contribution in [2.24, 2.45) is 5.92 Å². The summed E-state index contributed by atoms with van der Waals surface area (Å²) in [5, 5.41) is 2.90. The van der Waals surface area contributed by atoms with Crippen LogP contribution in [0.3, 0.4) is 0 Å². The number of para-hydroxylation sites is 1. The van der Waals surface area contributed by atoms with Gasteiger partial charge in [0.05, 0.1) is 0 Å². The van der Waals surface area contributed by atoms with Gasteiger partial charge in [0.25, 0.3) is 0 Å². The van der Waals surface area contributed by atoms with Crippen LogP contribution in [0.2, 0.25) is 0 Å². The van der Waals surface area contributed by atoms with Crippen molar-refractivity contribution in [2.45, 2.75) is 51.9 Å². The molecular weight excluding hydrogens is 322 g/mol. The molecule has 3 rings (SSSR count). The highest BCUT2D eigenvalue weighted by Crippen LogP contribution is 2.46. The Kier molecular flexibility index (Phi) is 5.97. The number of carbonyl (C=O) groups is 1. The van der Waals surface area contributed by atoms with Crippen molar-refractivity contribution in [3.05, 3.63) is 65.2 Å². The molecule has 2 aromatic rings. The van der Waals surface area contributed by atoms with Crippen LogP contribution in [0.1, 0.15) is 62.1 Å². The van der Waals surface area contributed by atoms with Crippen LogP contribution in [0.25, 0.3) is 0 Å². The predicted octanol–water partition coefficient (Wildman–Crippen LogP) is 5.65. The van der Waals surface area contributed by atoms with Gasteiger partial charge in [-0.05, 0) is 53.7 Å². The highest BCUT2D eigenvalue weighted by molar-refractivity contribution is 5.71. The molecule has 1 fully saturated rings. The van der Waals surface area contributed by atoms with Gasteiger partial charge in [-0.15, -0.1) is 0 Å². The zero-order valence-corrected chi connectivity index (χ0v) is 16.0. The molecule has 138 valence electrons. The van der Waals surface area contributed by atoms with Crippen LogP contribution in [0.4, 0.5) is 4.79 Å². The fourth-order valence-corrected chi connectivity index (χ4v) is 3.44. The molecule has 0 heterocycles. The van der Waals surface area contributed by atoms with E-state index < -0.39 is 0 Å². The quantitative estimate of drug-likeness (QED) is 0.699. The van der Waals surface area contributed by atoms with E-state index in [0.717, 1.165) is 29.2 Å². The molecule has 0 spiro atoms. The summed E-state index contributed by atoms with van der Waals surface area (Å²) in [6.07, 6.45) is 2.98. The van der Waals surface area contributed by atoms with Gasteiger partial charge in [-0.25, -0.2) is 4.79 Å². The van der Waals surface area contributed by atoms with Crippen LogP contribution in [0.5, 0.6) is 5.75 Å². The number of carbonyl (C=O) groups excluding carboxylic acids is 1. The lowest BCUT2D eigenvalue weighted by molar-refractivity contribution is 0.199. The highest BCUT2D eigenvalue weighted by atomic mass is 16.6. The Balaban J connectivity index is 1.67. The minimum absolute atomic E-state index is 0.313. The molecule has 1 saturated carbocycles. The fourth-order valence-electron chi connectivity index (χ4n) is 3.44. The van der Waals surface area contributed by atoms with Crippen molar-refractivity contribution < 1.29 is 9.53 Å². The molecule has 0 unspecified atom stereocenters. The maximum absolute atomic E-state index is 12.4. The second-order valence-electron chi connectivity index (χ2n) is 7.60. The van der Waals surface area contributed by atoms with Crippen LogP contribution in [-0.4, -0.2) is 12.6 Å². The molecule has 0 bridgehead atoms.